The smallest absolute Gasteiger partial charge is 0.248 e. The van der Waals surface area contributed by atoms with Crippen molar-refractivity contribution in [3.8, 4) is 5.75 Å². The van der Waals surface area contributed by atoms with Crippen molar-refractivity contribution >= 4 is 0 Å². The number of benzene rings is 1. The van der Waals surface area contributed by atoms with Gasteiger partial charge in [0.1, 0.15) is 11.6 Å². The Hall–Kier alpha value is -1.19. The molecule has 0 radical (unpaired) electrons. The van der Waals surface area contributed by atoms with Crippen LogP contribution < -0.4 is 4.74 Å². The predicted octanol–water partition coefficient (Wildman–Crippen LogP) is 4.13. The SMILES string of the molecule is COc1cc(F)ccc1C1CCC(F)(F)CC1. The van der Waals surface area contributed by atoms with E-state index in [1.165, 1.54) is 19.2 Å². The first-order chi connectivity index (χ1) is 8.02. The van der Waals surface area contributed by atoms with Crippen LogP contribution in [0.15, 0.2) is 18.2 Å². The molecule has 0 atom stereocenters. The summed E-state index contributed by atoms with van der Waals surface area (Å²) >= 11 is 0. The quantitative estimate of drug-likeness (QED) is 0.760. The van der Waals surface area contributed by atoms with Crippen molar-refractivity contribution in [2.45, 2.75) is 37.5 Å². The minimum atomic E-state index is -2.54. The maximum atomic E-state index is 13.0. The zero-order chi connectivity index (χ0) is 12.5. The molecule has 0 saturated heterocycles. The van der Waals surface area contributed by atoms with Crippen LogP contribution >= 0.6 is 0 Å². The maximum absolute atomic E-state index is 13.0. The molecule has 1 aromatic rings. The molecule has 1 aliphatic carbocycles. The summed E-state index contributed by atoms with van der Waals surface area (Å²) in [4.78, 5) is 0. The number of methoxy groups -OCH3 is 1. The molecule has 1 nitrogen and oxygen atoms in total. The molecule has 0 bridgehead atoms. The van der Waals surface area contributed by atoms with Gasteiger partial charge in [-0.1, -0.05) is 6.07 Å². The Morgan fingerprint density at radius 2 is 1.88 bits per heavy atom. The Bertz CT molecular complexity index is 394. The van der Waals surface area contributed by atoms with E-state index in [-0.39, 0.29) is 24.6 Å². The van der Waals surface area contributed by atoms with Crippen LogP contribution in [0, 0.1) is 5.82 Å². The van der Waals surface area contributed by atoms with Crippen molar-refractivity contribution in [3.05, 3.63) is 29.6 Å². The number of alkyl halides is 2. The van der Waals surface area contributed by atoms with Gasteiger partial charge in [-0.3, -0.25) is 0 Å². The van der Waals surface area contributed by atoms with Gasteiger partial charge in [-0.2, -0.15) is 0 Å². The molecule has 2 rings (SSSR count). The molecule has 0 amide bonds. The fourth-order valence-electron chi connectivity index (χ4n) is 2.37. The summed E-state index contributed by atoms with van der Waals surface area (Å²) < 4.78 is 44.2. The topological polar surface area (TPSA) is 9.23 Å². The van der Waals surface area contributed by atoms with E-state index >= 15 is 0 Å². The Labute approximate surface area is 98.6 Å². The van der Waals surface area contributed by atoms with E-state index in [0.717, 1.165) is 5.56 Å². The van der Waals surface area contributed by atoms with Crippen molar-refractivity contribution in [2.75, 3.05) is 7.11 Å². The van der Waals surface area contributed by atoms with Crippen LogP contribution in [0.4, 0.5) is 13.2 Å². The summed E-state index contributed by atoms with van der Waals surface area (Å²) in [6, 6.07) is 4.30. The highest BCUT2D eigenvalue weighted by molar-refractivity contribution is 5.37. The van der Waals surface area contributed by atoms with Gasteiger partial charge in [0.25, 0.3) is 0 Å². The monoisotopic (exact) mass is 244 g/mol. The number of halogens is 3. The number of hydrogen-bond donors (Lipinski definition) is 0. The average Bonchev–Trinajstić information content (AvgIpc) is 2.29. The first kappa shape index (κ1) is 12.3. The summed E-state index contributed by atoms with van der Waals surface area (Å²) in [7, 11) is 1.47. The Morgan fingerprint density at radius 3 is 2.47 bits per heavy atom. The Kier molecular flexibility index (Phi) is 3.31. The molecule has 0 aromatic heterocycles. The summed E-state index contributed by atoms with van der Waals surface area (Å²) in [5.41, 5.74) is 0.837. The van der Waals surface area contributed by atoms with Gasteiger partial charge in [0, 0.05) is 18.9 Å². The fourth-order valence-corrected chi connectivity index (χ4v) is 2.37. The van der Waals surface area contributed by atoms with E-state index in [1.807, 2.05) is 0 Å². The van der Waals surface area contributed by atoms with Crippen LogP contribution in [0.2, 0.25) is 0 Å². The van der Waals surface area contributed by atoms with Gasteiger partial charge in [-0.15, -0.1) is 0 Å². The lowest BCUT2D eigenvalue weighted by atomic mass is 9.82. The van der Waals surface area contributed by atoms with Crippen LogP contribution in [0.25, 0.3) is 0 Å². The van der Waals surface area contributed by atoms with E-state index in [1.54, 1.807) is 6.07 Å². The van der Waals surface area contributed by atoms with Gasteiger partial charge in [0.05, 0.1) is 7.11 Å². The first-order valence-electron chi connectivity index (χ1n) is 5.73. The number of rotatable bonds is 2. The summed E-state index contributed by atoms with van der Waals surface area (Å²) in [6.45, 7) is 0. The molecular weight excluding hydrogens is 229 g/mol. The lowest BCUT2D eigenvalue weighted by Crippen LogP contribution is -2.23. The zero-order valence-electron chi connectivity index (χ0n) is 9.68. The van der Waals surface area contributed by atoms with Gasteiger partial charge >= 0.3 is 0 Å². The molecule has 4 heteroatoms. The van der Waals surface area contributed by atoms with E-state index in [9.17, 15) is 13.2 Å². The normalized spacial score (nSPS) is 20.2. The average molecular weight is 244 g/mol. The van der Waals surface area contributed by atoms with Gasteiger partial charge in [0.2, 0.25) is 5.92 Å². The Morgan fingerprint density at radius 1 is 1.24 bits per heavy atom. The molecular formula is C13H15F3O. The molecule has 0 unspecified atom stereocenters. The van der Waals surface area contributed by atoms with E-state index in [2.05, 4.69) is 0 Å². The largest absolute Gasteiger partial charge is 0.496 e. The van der Waals surface area contributed by atoms with Crippen LogP contribution in [-0.4, -0.2) is 13.0 Å². The van der Waals surface area contributed by atoms with Crippen molar-refractivity contribution < 1.29 is 17.9 Å². The van der Waals surface area contributed by atoms with Gasteiger partial charge < -0.3 is 4.74 Å². The lowest BCUT2D eigenvalue weighted by molar-refractivity contribution is -0.0383. The van der Waals surface area contributed by atoms with Gasteiger partial charge in [0.15, 0.2) is 0 Å². The highest BCUT2D eigenvalue weighted by Crippen LogP contribution is 2.43. The highest BCUT2D eigenvalue weighted by Gasteiger charge is 2.36. The van der Waals surface area contributed by atoms with Crippen molar-refractivity contribution in [3.63, 3.8) is 0 Å². The first-order valence-corrected chi connectivity index (χ1v) is 5.73. The minimum Gasteiger partial charge on any atom is -0.496 e. The molecule has 0 heterocycles. The highest BCUT2D eigenvalue weighted by atomic mass is 19.3. The van der Waals surface area contributed by atoms with E-state index in [4.69, 9.17) is 4.74 Å². The molecule has 1 saturated carbocycles. The second kappa shape index (κ2) is 4.59. The van der Waals surface area contributed by atoms with Crippen LogP contribution in [0.3, 0.4) is 0 Å². The second-order valence-electron chi connectivity index (χ2n) is 4.52. The third-order valence-electron chi connectivity index (χ3n) is 3.35. The summed E-state index contributed by atoms with van der Waals surface area (Å²) in [6.07, 6.45) is 0.653. The number of hydrogen-bond acceptors (Lipinski definition) is 1. The molecule has 94 valence electrons. The fraction of sp³-hybridized carbons (Fsp3) is 0.538. The molecule has 1 fully saturated rings. The summed E-state index contributed by atoms with van der Waals surface area (Å²) in [5, 5.41) is 0. The predicted molar refractivity (Wildman–Crippen MR) is 59.1 cm³/mol. The van der Waals surface area contributed by atoms with Crippen LogP contribution in [0.1, 0.15) is 37.2 Å². The molecule has 0 spiro atoms. The van der Waals surface area contributed by atoms with Crippen molar-refractivity contribution in [1.82, 2.24) is 0 Å². The third kappa shape index (κ3) is 2.73. The van der Waals surface area contributed by atoms with Gasteiger partial charge in [-0.25, -0.2) is 13.2 Å². The standard InChI is InChI=1S/C13H15F3O/c1-17-12-8-10(14)2-3-11(12)9-4-6-13(15,16)7-5-9/h2-3,8-9H,4-7H2,1H3. The minimum absolute atomic E-state index is 0.0465. The summed E-state index contributed by atoms with van der Waals surface area (Å²) in [5.74, 6) is -2.40. The molecule has 17 heavy (non-hydrogen) atoms. The van der Waals surface area contributed by atoms with Crippen molar-refractivity contribution in [1.29, 1.82) is 0 Å². The second-order valence-corrected chi connectivity index (χ2v) is 4.52. The zero-order valence-corrected chi connectivity index (χ0v) is 9.68. The third-order valence-corrected chi connectivity index (χ3v) is 3.35. The van der Waals surface area contributed by atoms with E-state index < -0.39 is 5.92 Å². The molecule has 1 aliphatic rings. The Balaban J connectivity index is 2.18. The maximum Gasteiger partial charge on any atom is 0.248 e. The van der Waals surface area contributed by atoms with Crippen molar-refractivity contribution in [2.24, 2.45) is 0 Å². The van der Waals surface area contributed by atoms with Gasteiger partial charge in [-0.05, 0) is 30.4 Å². The number of ether oxygens (including phenoxy) is 1. The molecule has 1 aromatic carbocycles. The van der Waals surface area contributed by atoms with E-state index in [0.29, 0.717) is 18.6 Å². The van der Waals surface area contributed by atoms with Crippen LogP contribution in [0.5, 0.6) is 5.75 Å². The molecule has 0 aliphatic heterocycles. The molecule has 0 N–H and O–H groups in total. The lowest BCUT2D eigenvalue weighted by Gasteiger charge is -2.29. The van der Waals surface area contributed by atoms with Crippen LogP contribution in [-0.2, 0) is 0 Å².